The van der Waals surface area contributed by atoms with E-state index in [9.17, 15) is 9.59 Å². The lowest BCUT2D eigenvalue weighted by Crippen LogP contribution is -2.17. The number of carbonyl (C=O) groups is 2. The van der Waals surface area contributed by atoms with Gasteiger partial charge < -0.3 is 10.4 Å². The molecular weight excluding hydrogens is 290 g/mol. The van der Waals surface area contributed by atoms with Gasteiger partial charge in [-0.15, -0.1) is 0 Å². The van der Waals surface area contributed by atoms with Gasteiger partial charge in [-0.2, -0.15) is 0 Å². The van der Waals surface area contributed by atoms with Gasteiger partial charge in [0.05, 0.1) is 16.3 Å². The molecule has 1 aromatic carbocycles. The van der Waals surface area contributed by atoms with Crippen molar-refractivity contribution in [1.82, 2.24) is 0 Å². The highest BCUT2D eigenvalue weighted by molar-refractivity contribution is 6.34. The van der Waals surface area contributed by atoms with Gasteiger partial charge in [0.15, 0.2) is 0 Å². The van der Waals surface area contributed by atoms with Crippen LogP contribution < -0.4 is 5.32 Å². The Kier molecular flexibility index (Phi) is 5.62. The van der Waals surface area contributed by atoms with E-state index in [0.29, 0.717) is 12.3 Å². The van der Waals surface area contributed by atoms with E-state index >= 15 is 0 Å². The minimum absolute atomic E-state index is 0.0218. The molecule has 0 aromatic heterocycles. The Morgan fingerprint density at radius 2 is 1.95 bits per heavy atom. The zero-order valence-corrected chi connectivity index (χ0v) is 12.7. The SMILES string of the molecule is O=C(CCC1CCCCC1)Nc1c(Cl)cccc1C(=O)O. The second kappa shape index (κ2) is 7.46. The molecule has 1 aliphatic rings. The van der Waals surface area contributed by atoms with Crippen LogP contribution in [0.1, 0.15) is 55.3 Å². The summed E-state index contributed by atoms with van der Waals surface area (Å²) in [5.41, 5.74) is 0.217. The molecule has 0 unspecified atom stereocenters. The van der Waals surface area contributed by atoms with Crippen molar-refractivity contribution in [2.24, 2.45) is 5.92 Å². The molecule has 114 valence electrons. The Labute approximate surface area is 129 Å². The topological polar surface area (TPSA) is 66.4 Å². The van der Waals surface area contributed by atoms with Crippen LogP contribution in [0.25, 0.3) is 0 Å². The molecule has 2 N–H and O–H groups in total. The van der Waals surface area contributed by atoms with Crippen molar-refractivity contribution in [2.75, 3.05) is 5.32 Å². The Morgan fingerprint density at radius 3 is 2.62 bits per heavy atom. The largest absolute Gasteiger partial charge is 0.478 e. The number of amides is 1. The zero-order valence-electron chi connectivity index (χ0n) is 11.9. The normalized spacial score (nSPS) is 15.7. The Hall–Kier alpha value is -1.55. The third-order valence-electron chi connectivity index (χ3n) is 4.01. The summed E-state index contributed by atoms with van der Waals surface area (Å²) in [4.78, 5) is 23.2. The summed E-state index contributed by atoms with van der Waals surface area (Å²) in [6, 6.07) is 4.57. The third-order valence-corrected chi connectivity index (χ3v) is 4.33. The molecule has 0 aliphatic heterocycles. The quantitative estimate of drug-likeness (QED) is 0.850. The summed E-state index contributed by atoms with van der Waals surface area (Å²) in [6.07, 6.45) is 7.46. The molecule has 0 saturated heterocycles. The number of nitrogens with one attached hydrogen (secondary N) is 1. The van der Waals surface area contributed by atoms with E-state index in [4.69, 9.17) is 16.7 Å². The van der Waals surface area contributed by atoms with Crippen LogP contribution in [0.15, 0.2) is 18.2 Å². The minimum Gasteiger partial charge on any atom is -0.478 e. The first-order chi connectivity index (χ1) is 10.1. The van der Waals surface area contributed by atoms with Gasteiger partial charge in [-0.3, -0.25) is 4.79 Å². The maximum atomic E-state index is 12.0. The number of hydrogen-bond acceptors (Lipinski definition) is 2. The van der Waals surface area contributed by atoms with E-state index < -0.39 is 5.97 Å². The van der Waals surface area contributed by atoms with E-state index in [1.54, 1.807) is 12.1 Å². The molecule has 5 heteroatoms. The number of halogens is 1. The molecule has 21 heavy (non-hydrogen) atoms. The van der Waals surface area contributed by atoms with Crippen molar-refractivity contribution in [3.8, 4) is 0 Å². The molecule has 1 fully saturated rings. The number of benzene rings is 1. The van der Waals surface area contributed by atoms with Gasteiger partial charge in [-0.1, -0.05) is 49.8 Å². The predicted octanol–water partition coefficient (Wildman–Crippen LogP) is 4.34. The lowest BCUT2D eigenvalue weighted by molar-refractivity contribution is -0.116. The number of carbonyl (C=O) groups excluding carboxylic acids is 1. The van der Waals surface area contributed by atoms with E-state index in [0.717, 1.165) is 6.42 Å². The van der Waals surface area contributed by atoms with Gasteiger partial charge in [0.25, 0.3) is 0 Å². The zero-order chi connectivity index (χ0) is 15.2. The lowest BCUT2D eigenvalue weighted by atomic mass is 9.86. The van der Waals surface area contributed by atoms with E-state index in [1.807, 2.05) is 0 Å². The van der Waals surface area contributed by atoms with Crippen LogP contribution in [0, 0.1) is 5.92 Å². The Morgan fingerprint density at radius 1 is 1.24 bits per heavy atom. The molecule has 0 bridgehead atoms. The number of carboxylic acids is 1. The van der Waals surface area contributed by atoms with Crippen LogP contribution in [0.3, 0.4) is 0 Å². The first-order valence-corrected chi connectivity index (χ1v) is 7.77. The number of anilines is 1. The fourth-order valence-electron chi connectivity index (χ4n) is 2.84. The highest BCUT2D eigenvalue weighted by Crippen LogP contribution is 2.29. The van der Waals surface area contributed by atoms with Crippen LogP contribution in [-0.2, 0) is 4.79 Å². The average Bonchev–Trinajstić information content (AvgIpc) is 2.48. The Balaban J connectivity index is 1.94. The van der Waals surface area contributed by atoms with Crippen molar-refractivity contribution in [3.05, 3.63) is 28.8 Å². The highest BCUT2D eigenvalue weighted by atomic mass is 35.5. The predicted molar refractivity (Wildman–Crippen MR) is 82.9 cm³/mol. The molecule has 4 nitrogen and oxygen atoms in total. The number of aromatic carboxylic acids is 1. The van der Waals surface area contributed by atoms with Crippen LogP contribution in [0.2, 0.25) is 5.02 Å². The highest BCUT2D eigenvalue weighted by Gasteiger charge is 2.18. The van der Waals surface area contributed by atoms with E-state index in [-0.39, 0.29) is 22.2 Å². The number of carboxylic acid groups (broad SMARTS) is 1. The Bertz CT molecular complexity index is 524. The first-order valence-electron chi connectivity index (χ1n) is 7.39. The molecular formula is C16H20ClNO3. The molecule has 0 atom stereocenters. The second-order valence-corrected chi connectivity index (χ2v) is 5.97. The second-order valence-electron chi connectivity index (χ2n) is 5.56. The van der Waals surface area contributed by atoms with Crippen molar-refractivity contribution in [1.29, 1.82) is 0 Å². The van der Waals surface area contributed by atoms with Crippen LogP contribution in [0.4, 0.5) is 5.69 Å². The molecule has 2 rings (SSSR count). The molecule has 0 radical (unpaired) electrons. The van der Waals surface area contributed by atoms with Crippen LogP contribution >= 0.6 is 11.6 Å². The van der Waals surface area contributed by atoms with Crippen molar-refractivity contribution in [3.63, 3.8) is 0 Å². The van der Waals surface area contributed by atoms with Gasteiger partial charge in [-0.25, -0.2) is 4.79 Å². The first kappa shape index (κ1) is 15.8. The smallest absolute Gasteiger partial charge is 0.337 e. The summed E-state index contributed by atoms with van der Waals surface area (Å²) in [7, 11) is 0. The van der Waals surface area contributed by atoms with Gasteiger partial charge in [0, 0.05) is 6.42 Å². The van der Waals surface area contributed by atoms with Gasteiger partial charge in [0.1, 0.15) is 0 Å². The maximum absolute atomic E-state index is 12.0. The van der Waals surface area contributed by atoms with Crippen LogP contribution in [0.5, 0.6) is 0 Å². The summed E-state index contributed by atoms with van der Waals surface area (Å²) < 4.78 is 0. The fourth-order valence-corrected chi connectivity index (χ4v) is 3.06. The summed E-state index contributed by atoms with van der Waals surface area (Å²) in [6.45, 7) is 0. The molecule has 1 aliphatic carbocycles. The minimum atomic E-state index is -1.10. The van der Waals surface area contributed by atoms with E-state index in [1.165, 1.54) is 38.2 Å². The summed E-state index contributed by atoms with van der Waals surface area (Å²) in [5, 5.41) is 12.0. The van der Waals surface area contributed by atoms with Crippen molar-refractivity contribution < 1.29 is 14.7 Å². The van der Waals surface area contributed by atoms with Gasteiger partial charge in [0.2, 0.25) is 5.91 Å². The monoisotopic (exact) mass is 309 g/mol. The molecule has 0 heterocycles. The molecule has 0 spiro atoms. The maximum Gasteiger partial charge on any atom is 0.337 e. The number of hydrogen-bond donors (Lipinski definition) is 2. The van der Waals surface area contributed by atoms with Gasteiger partial charge >= 0.3 is 5.97 Å². The number of rotatable bonds is 5. The van der Waals surface area contributed by atoms with Gasteiger partial charge in [-0.05, 0) is 24.5 Å². The van der Waals surface area contributed by atoms with Crippen molar-refractivity contribution >= 4 is 29.2 Å². The molecule has 1 amide bonds. The number of para-hydroxylation sites is 1. The summed E-state index contributed by atoms with van der Waals surface area (Å²) >= 11 is 5.99. The standard InChI is InChI=1S/C16H20ClNO3/c17-13-8-4-7-12(16(20)21)15(13)18-14(19)10-9-11-5-2-1-3-6-11/h4,7-8,11H,1-3,5-6,9-10H2,(H,18,19)(H,20,21). The fraction of sp³-hybridized carbons (Fsp3) is 0.500. The third kappa shape index (κ3) is 4.46. The van der Waals surface area contributed by atoms with Crippen LogP contribution in [-0.4, -0.2) is 17.0 Å². The average molecular weight is 310 g/mol. The lowest BCUT2D eigenvalue weighted by Gasteiger charge is -2.21. The molecule has 1 aromatic rings. The summed E-state index contributed by atoms with van der Waals surface area (Å²) in [5.74, 6) is -0.647. The molecule has 1 saturated carbocycles. The van der Waals surface area contributed by atoms with E-state index in [2.05, 4.69) is 5.32 Å². The van der Waals surface area contributed by atoms with Crippen molar-refractivity contribution in [2.45, 2.75) is 44.9 Å².